The van der Waals surface area contributed by atoms with Crippen LogP contribution in [0.5, 0.6) is 0 Å². The molecule has 0 heterocycles. The molecule has 0 N–H and O–H groups in total. The predicted octanol–water partition coefficient (Wildman–Crippen LogP) is 3.03. The molecular weight excluding hydrogens is 235 g/mol. The van der Waals surface area contributed by atoms with Crippen molar-refractivity contribution in [2.24, 2.45) is 0 Å². The Hall–Kier alpha value is -0.700. The van der Waals surface area contributed by atoms with Gasteiger partial charge in [-0.1, -0.05) is 15.9 Å². The molecule has 0 atom stereocenters. The Morgan fingerprint density at radius 1 is 1.54 bits per heavy atom. The van der Waals surface area contributed by atoms with Crippen molar-refractivity contribution in [1.82, 2.24) is 0 Å². The summed E-state index contributed by atoms with van der Waals surface area (Å²) in [6.07, 6.45) is 0.164. The van der Waals surface area contributed by atoms with Crippen molar-refractivity contribution in [3.8, 4) is 0 Å². The molecule has 0 bridgehead atoms. The van der Waals surface area contributed by atoms with Crippen molar-refractivity contribution < 1.29 is 9.18 Å². The standard InChI is InChI=1S/C10H10BrFO/c1-6(13)5-8-7(2)9(11)3-4-10(8)12/h3-4H,5H2,1-2H3. The summed E-state index contributed by atoms with van der Waals surface area (Å²) < 4.78 is 14.1. The normalized spacial score (nSPS) is 10.2. The van der Waals surface area contributed by atoms with Gasteiger partial charge in [0.25, 0.3) is 0 Å². The summed E-state index contributed by atoms with van der Waals surface area (Å²) in [4.78, 5) is 10.8. The Morgan fingerprint density at radius 2 is 2.15 bits per heavy atom. The molecule has 0 saturated heterocycles. The van der Waals surface area contributed by atoms with E-state index in [9.17, 15) is 9.18 Å². The molecule has 1 rings (SSSR count). The number of Topliss-reactive ketones (excluding diaryl/α,β-unsaturated/α-hetero) is 1. The van der Waals surface area contributed by atoms with E-state index in [0.717, 1.165) is 10.0 Å². The van der Waals surface area contributed by atoms with Crippen LogP contribution in [-0.2, 0) is 11.2 Å². The van der Waals surface area contributed by atoms with Crippen molar-refractivity contribution in [1.29, 1.82) is 0 Å². The monoisotopic (exact) mass is 244 g/mol. The second-order valence-corrected chi connectivity index (χ2v) is 3.87. The number of ketones is 1. The van der Waals surface area contributed by atoms with Gasteiger partial charge in [-0.2, -0.15) is 0 Å². The molecule has 0 saturated carbocycles. The number of carbonyl (C=O) groups is 1. The van der Waals surface area contributed by atoms with E-state index in [4.69, 9.17) is 0 Å². The zero-order valence-corrected chi connectivity index (χ0v) is 9.11. The van der Waals surface area contributed by atoms with Crippen LogP contribution in [-0.4, -0.2) is 5.78 Å². The number of halogens is 2. The zero-order valence-electron chi connectivity index (χ0n) is 7.53. The summed E-state index contributed by atoms with van der Waals surface area (Å²) in [6.45, 7) is 3.26. The van der Waals surface area contributed by atoms with Gasteiger partial charge in [-0.25, -0.2) is 4.39 Å². The Balaban J connectivity index is 3.17. The molecule has 0 radical (unpaired) electrons. The molecule has 70 valence electrons. The quantitative estimate of drug-likeness (QED) is 0.782. The molecular formula is C10H10BrFO. The maximum Gasteiger partial charge on any atom is 0.134 e. The van der Waals surface area contributed by atoms with Gasteiger partial charge in [-0.05, 0) is 37.1 Å². The van der Waals surface area contributed by atoms with Gasteiger partial charge in [-0.3, -0.25) is 4.79 Å². The second-order valence-electron chi connectivity index (χ2n) is 3.01. The highest BCUT2D eigenvalue weighted by atomic mass is 79.9. The van der Waals surface area contributed by atoms with Crippen LogP contribution < -0.4 is 0 Å². The lowest BCUT2D eigenvalue weighted by atomic mass is 10.0. The maximum atomic E-state index is 13.2. The molecule has 0 aromatic heterocycles. The minimum absolute atomic E-state index is 0.0277. The summed E-state index contributed by atoms with van der Waals surface area (Å²) in [6, 6.07) is 3.02. The fourth-order valence-electron chi connectivity index (χ4n) is 1.16. The largest absolute Gasteiger partial charge is 0.300 e. The minimum Gasteiger partial charge on any atom is -0.300 e. The van der Waals surface area contributed by atoms with Crippen LogP contribution in [0.4, 0.5) is 4.39 Å². The summed E-state index contributed by atoms with van der Waals surface area (Å²) in [5.41, 5.74) is 1.29. The molecule has 0 unspecified atom stereocenters. The Kier molecular flexibility index (Phi) is 3.20. The van der Waals surface area contributed by atoms with Gasteiger partial charge in [-0.15, -0.1) is 0 Å². The first kappa shape index (κ1) is 10.4. The SMILES string of the molecule is CC(=O)Cc1c(F)ccc(Br)c1C. The molecule has 3 heteroatoms. The van der Waals surface area contributed by atoms with Crippen LogP contribution in [0.15, 0.2) is 16.6 Å². The molecule has 1 nitrogen and oxygen atoms in total. The first-order valence-corrected chi connectivity index (χ1v) is 4.74. The van der Waals surface area contributed by atoms with E-state index in [1.807, 2.05) is 0 Å². The Morgan fingerprint density at radius 3 is 2.69 bits per heavy atom. The van der Waals surface area contributed by atoms with Gasteiger partial charge in [0.05, 0.1) is 0 Å². The van der Waals surface area contributed by atoms with E-state index in [0.29, 0.717) is 5.56 Å². The summed E-state index contributed by atoms with van der Waals surface area (Å²) in [5, 5.41) is 0. The van der Waals surface area contributed by atoms with Gasteiger partial charge >= 0.3 is 0 Å². The van der Waals surface area contributed by atoms with Crippen molar-refractivity contribution in [2.75, 3.05) is 0 Å². The molecule has 0 aliphatic carbocycles. The molecule has 0 aliphatic rings. The van der Waals surface area contributed by atoms with Gasteiger partial charge in [0.1, 0.15) is 11.6 Å². The summed E-state index contributed by atoms with van der Waals surface area (Å²) in [7, 11) is 0. The fraction of sp³-hybridized carbons (Fsp3) is 0.300. The highest BCUT2D eigenvalue weighted by Crippen LogP contribution is 2.22. The Bertz CT molecular complexity index is 347. The van der Waals surface area contributed by atoms with Crippen LogP contribution in [0.3, 0.4) is 0 Å². The highest BCUT2D eigenvalue weighted by molar-refractivity contribution is 9.10. The third-order valence-corrected chi connectivity index (χ3v) is 2.76. The third kappa shape index (κ3) is 2.37. The third-order valence-electron chi connectivity index (χ3n) is 1.90. The minimum atomic E-state index is -0.309. The first-order chi connectivity index (χ1) is 6.02. The summed E-state index contributed by atoms with van der Waals surface area (Å²) in [5.74, 6) is -0.337. The van der Waals surface area contributed by atoms with Crippen LogP contribution in [0.25, 0.3) is 0 Å². The zero-order chi connectivity index (χ0) is 10.0. The van der Waals surface area contributed by atoms with Gasteiger partial charge in [0, 0.05) is 10.9 Å². The van der Waals surface area contributed by atoms with Gasteiger partial charge in [0.15, 0.2) is 0 Å². The summed E-state index contributed by atoms with van der Waals surface area (Å²) >= 11 is 3.29. The molecule has 1 aromatic rings. The average Bonchev–Trinajstić information content (AvgIpc) is 2.05. The van der Waals surface area contributed by atoms with Crippen molar-refractivity contribution in [3.05, 3.63) is 33.5 Å². The predicted molar refractivity (Wildman–Crippen MR) is 53.2 cm³/mol. The Labute approximate surface area is 85.1 Å². The number of hydrogen-bond acceptors (Lipinski definition) is 1. The van der Waals surface area contributed by atoms with Crippen LogP contribution in [0.2, 0.25) is 0 Å². The molecule has 0 spiro atoms. The van der Waals surface area contributed by atoms with Gasteiger partial charge < -0.3 is 0 Å². The van der Waals surface area contributed by atoms with E-state index in [1.165, 1.54) is 13.0 Å². The lowest BCUT2D eigenvalue weighted by Gasteiger charge is -2.06. The van der Waals surface area contributed by atoms with Crippen LogP contribution >= 0.6 is 15.9 Å². The van der Waals surface area contributed by atoms with E-state index in [1.54, 1.807) is 13.0 Å². The van der Waals surface area contributed by atoms with Gasteiger partial charge in [0.2, 0.25) is 0 Å². The number of rotatable bonds is 2. The number of carbonyl (C=O) groups excluding carboxylic acids is 1. The van der Waals surface area contributed by atoms with Crippen molar-refractivity contribution >= 4 is 21.7 Å². The van der Waals surface area contributed by atoms with E-state index < -0.39 is 0 Å². The van der Waals surface area contributed by atoms with Crippen LogP contribution in [0, 0.1) is 12.7 Å². The molecule has 0 fully saturated rings. The first-order valence-electron chi connectivity index (χ1n) is 3.95. The molecule has 0 aliphatic heterocycles. The smallest absolute Gasteiger partial charge is 0.134 e. The lowest BCUT2D eigenvalue weighted by molar-refractivity contribution is -0.116. The number of benzene rings is 1. The van der Waals surface area contributed by atoms with Crippen molar-refractivity contribution in [3.63, 3.8) is 0 Å². The molecule has 1 aromatic carbocycles. The maximum absolute atomic E-state index is 13.2. The van der Waals surface area contributed by atoms with Crippen molar-refractivity contribution in [2.45, 2.75) is 20.3 Å². The van der Waals surface area contributed by atoms with E-state index >= 15 is 0 Å². The fourth-order valence-corrected chi connectivity index (χ4v) is 1.53. The number of hydrogen-bond donors (Lipinski definition) is 0. The second kappa shape index (κ2) is 4.01. The highest BCUT2D eigenvalue weighted by Gasteiger charge is 2.10. The van der Waals surface area contributed by atoms with E-state index in [2.05, 4.69) is 15.9 Å². The van der Waals surface area contributed by atoms with E-state index in [-0.39, 0.29) is 18.0 Å². The lowest BCUT2D eigenvalue weighted by Crippen LogP contribution is -2.02. The average molecular weight is 245 g/mol. The molecule has 0 amide bonds. The molecule has 13 heavy (non-hydrogen) atoms. The topological polar surface area (TPSA) is 17.1 Å². The van der Waals surface area contributed by atoms with Crippen LogP contribution in [0.1, 0.15) is 18.1 Å².